The van der Waals surface area contributed by atoms with Crippen molar-refractivity contribution < 1.29 is 64.6 Å². The van der Waals surface area contributed by atoms with Gasteiger partial charge in [-0.05, 0) is 103 Å². The molecule has 558 valence electrons. The predicted octanol–water partition coefficient (Wildman–Crippen LogP) is 17.6. The number of ether oxygens (including phenoxy) is 4. The fourth-order valence-corrected chi connectivity index (χ4v) is 12.2. The number of rotatable bonds is 64. The highest BCUT2D eigenvalue weighted by atomic mass is 16.7. The molecule has 0 saturated carbocycles. The molecule has 0 aromatic rings. The molecule has 12 unspecified atom stereocenters. The third-order valence-electron chi connectivity index (χ3n) is 18.4. The average molecular weight is 1360 g/mol. The number of nitrogens with one attached hydrogen (secondary N) is 1. The summed E-state index contributed by atoms with van der Waals surface area (Å²) in [5.41, 5.74) is 0. The van der Waals surface area contributed by atoms with Crippen molar-refractivity contribution in [2.24, 2.45) is 0 Å². The molecule has 0 bridgehead atoms. The van der Waals surface area contributed by atoms with Crippen molar-refractivity contribution in [3.63, 3.8) is 0 Å². The normalized spacial score (nSPS) is 22.8. The van der Waals surface area contributed by atoms with Gasteiger partial charge in [-0.1, -0.05) is 315 Å². The number of amides is 1. The van der Waals surface area contributed by atoms with Gasteiger partial charge < -0.3 is 65.1 Å². The maximum Gasteiger partial charge on any atom is 0.220 e. The first kappa shape index (κ1) is 89.5. The van der Waals surface area contributed by atoms with Crippen LogP contribution in [0.4, 0.5) is 0 Å². The SMILES string of the molecule is CC/C=C\C/C=C\C/C=C\C/C=C\C/C=C\C/C=C\C/C=C\CCCCCCCCCCCCCCCCCCCCCC(=O)NC(COC1OC(CO)C(OC2OC(CO)C(O)C(O)C2O)C(O)C1O)C(O)/C=C/CC/C=C/CC/C=C/CCCCCCCCCCCCCC. The van der Waals surface area contributed by atoms with Crippen LogP contribution in [-0.2, 0) is 23.7 Å². The van der Waals surface area contributed by atoms with Gasteiger partial charge in [0.25, 0.3) is 0 Å². The highest BCUT2D eigenvalue weighted by molar-refractivity contribution is 5.76. The number of aliphatic hydroxyl groups is 8. The maximum atomic E-state index is 13.4. The van der Waals surface area contributed by atoms with Crippen LogP contribution in [-0.4, -0.2) is 140 Å². The van der Waals surface area contributed by atoms with Gasteiger partial charge in [0.1, 0.15) is 48.8 Å². The lowest BCUT2D eigenvalue weighted by Gasteiger charge is -2.46. The maximum absolute atomic E-state index is 13.4. The van der Waals surface area contributed by atoms with Crippen molar-refractivity contribution in [2.75, 3.05) is 19.8 Å². The number of carbonyl (C=O) groups excluding carboxylic acids is 1. The summed E-state index contributed by atoms with van der Waals surface area (Å²) in [4.78, 5) is 13.4. The van der Waals surface area contributed by atoms with Gasteiger partial charge in [-0.15, -0.1) is 0 Å². The van der Waals surface area contributed by atoms with Crippen LogP contribution >= 0.6 is 0 Å². The van der Waals surface area contributed by atoms with Gasteiger partial charge in [-0.25, -0.2) is 0 Å². The van der Waals surface area contributed by atoms with Crippen LogP contribution in [0.2, 0.25) is 0 Å². The monoisotopic (exact) mass is 1360 g/mol. The van der Waals surface area contributed by atoms with Gasteiger partial charge in [-0.3, -0.25) is 4.79 Å². The van der Waals surface area contributed by atoms with E-state index in [9.17, 15) is 45.6 Å². The molecule has 97 heavy (non-hydrogen) atoms. The first-order chi connectivity index (χ1) is 47.6. The third-order valence-corrected chi connectivity index (χ3v) is 18.4. The number of carbonyl (C=O) groups is 1. The van der Waals surface area contributed by atoms with E-state index in [2.05, 4.69) is 129 Å². The molecule has 0 spiro atoms. The zero-order valence-corrected chi connectivity index (χ0v) is 61.0. The van der Waals surface area contributed by atoms with Gasteiger partial charge in [0, 0.05) is 6.42 Å². The molecule has 2 aliphatic heterocycles. The Hall–Kier alpha value is -3.61. The van der Waals surface area contributed by atoms with E-state index in [0.29, 0.717) is 12.8 Å². The van der Waals surface area contributed by atoms with Crippen molar-refractivity contribution >= 4 is 5.91 Å². The van der Waals surface area contributed by atoms with Crippen molar-refractivity contribution in [1.82, 2.24) is 5.32 Å². The number of aliphatic hydroxyl groups excluding tert-OH is 8. The summed E-state index contributed by atoms with van der Waals surface area (Å²) in [5, 5.41) is 87.5. The summed E-state index contributed by atoms with van der Waals surface area (Å²) < 4.78 is 22.9. The molecule has 2 fully saturated rings. The fourth-order valence-electron chi connectivity index (χ4n) is 12.2. The van der Waals surface area contributed by atoms with Gasteiger partial charge in [0.05, 0.1) is 32.0 Å². The van der Waals surface area contributed by atoms with Crippen LogP contribution in [0.15, 0.2) is 122 Å². The van der Waals surface area contributed by atoms with Crippen LogP contribution in [0, 0.1) is 0 Å². The lowest BCUT2D eigenvalue weighted by atomic mass is 9.97. The zero-order valence-electron chi connectivity index (χ0n) is 61.0. The van der Waals surface area contributed by atoms with E-state index in [1.54, 1.807) is 6.08 Å². The number of unbranched alkanes of at least 4 members (excludes halogenated alkanes) is 33. The van der Waals surface area contributed by atoms with Crippen molar-refractivity contribution in [3.8, 4) is 0 Å². The Morgan fingerprint density at radius 3 is 1.13 bits per heavy atom. The molecule has 12 atom stereocenters. The minimum Gasteiger partial charge on any atom is -0.394 e. The van der Waals surface area contributed by atoms with Crippen LogP contribution < -0.4 is 5.32 Å². The summed E-state index contributed by atoms with van der Waals surface area (Å²) in [7, 11) is 0. The highest BCUT2D eigenvalue weighted by Crippen LogP contribution is 2.30. The molecule has 1 amide bonds. The van der Waals surface area contributed by atoms with Gasteiger partial charge >= 0.3 is 0 Å². The second-order valence-electron chi connectivity index (χ2n) is 27.1. The third kappa shape index (κ3) is 48.8. The Kier molecular flexibility index (Phi) is 60.6. The number of hydrogen-bond acceptors (Lipinski definition) is 13. The quantitative estimate of drug-likeness (QED) is 0.0204. The highest BCUT2D eigenvalue weighted by Gasteiger charge is 2.51. The van der Waals surface area contributed by atoms with Crippen molar-refractivity contribution in [2.45, 2.75) is 376 Å². The molecule has 0 aliphatic carbocycles. The molecule has 0 aromatic heterocycles. The summed E-state index contributed by atoms with van der Waals surface area (Å²) in [6.45, 7) is 2.68. The van der Waals surface area contributed by atoms with Gasteiger partial charge in [-0.2, -0.15) is 0 Å². The van der Waals surface area contributed by atoms with E-state index in [-0.39, 0.29) is 18.9 Å². The Bertz CT molecular complexity index is 2100. The molecule has 9 N–H and O–H groups in total. The summed E-state index contributed by atoms with van der Waals surface area (Å²) in [5.74, 6) is -0.253. The molecule has 2 aliphatic rings. The first-order valence-corrected chi connectivity index (χ1v) is 39.3. The fraction of sp³-hybridized carbons (Fsp3) is 0.747. The number of hydrogen-bond donors (Lipinski definition) is 9. The first-order valence-electron chi connectivity index (χ1n) is 39.3. The molecule has 0 aromatic carbocycles. The molecular weight excluding hydrogens is 1220 g/mol. The second kappa shape index (κ2) is 65.7. The van der Waals surface area contributed by atoms with Crippen LogP contribution in [0.1, 0.15) is 303 Å². The molecule has 0 radical (unpaired) electrons. The molecule has 2 saturated heterocycles. The minimum atomic E-state index is -1.80. The molecule has 14 nitrogen and oxygen atoms in total. The molecule has 14 heteroatoms. The van der Waals surface area contributed by atoms with Gasteiger partial charge in [0.2, 0.25) is 5.91 Å². The van der Waals surface area contributed by atoms with E-state index in [1.165, 1.54) is 180 Å². The molecular formula is C83H143NO13. The second-order valence-corrected chi connectivity index (χ2v) is 27.1. The molecule has 2 rings (SSSR count). The lowest BCUT2D eigenvalue weighted by Crippen LogP contribution is -2.65. The molecule has 2 heterocycles. The lowest BCUT2D eigenvalue weighted by molar-refractivity contribution is -0.359. The Morgan fingerprint density at radius 2 is 0.722 bits per heavy atom. The standard InChI is InChI=1S/C83H143NO13/c1-3-5-7-9-11-13-15-17-19-21-23-25-27-28-29-30-31-32-33-34-35-36-37-38-39-40-41-42-43-44-45-47-49-51-53-55-57-59-61-63-65-67-75(88)84-71(70-94-82-80(93)78(91)81(74(69-86)96-82)97-83-79(92)77(90)76(89)73(68-85)95-83)72(87)66-64-62-60-58-56-54-52-50-48-46-26-24-22-20-18-16-14-12-10-8-6-4-2/h5,7,11,13,17,19,23,25,28-29,31-32,34-35,48,50,56,58,64,66,71-74,76-83,85-87,89-93H,3-4,6,8-10,12,14-16,18,20-22,24,26-27,30,33,36-47,49,51-55,57,59-63,65,67-70H2,1-2H3,(H,84,88)/b7-5-,13-11-,19-17-,25-23-,29-28-,32-31-,35-34-,50-48+,58-56+,66-64+. The van der Waals surface area contributed by atoms with Gasteiger partial charge in [0.15, 0.2) is 12.6 Å². The average Bonchev–Trinajstić information content (AvgIpc) is 0.794. The zero-order chi connectivity index (χ0) is 70.1. The summed E-state index contributed by atoms with van der Waals surface area (Å²) in [6.07, 6.45) is 79.9. The Morgan fingerprint density at radius 1 is 0.381 bits per heavy atom. The van der Waals surface area contributed by atoms with Crippen LogP contribution in [0.3, 0.4) is 0 Å². The van der Waals surface area contributed by atoms with Crippen LogP contribution in [0.5, 0.6) is 0 Å². The van der Waals surface area contributed by atoms with E-state index in [4.69, 9.17) is 18.9 Å². The minimum absolute atomic E-state index is 0.253. The van der Waals surface area contributed by atoms with E-state index >= 15 is 0 Å². The topological polar surface area (TPSA) is 228 Å². The number of allylic oxidation sites excluding steroid dienone is 19. The van der Waals surface area contributed by atoms with E-state index in [0.717, 1.165) is 89.9 Å². The Balaban J connectivity index is 1.60. The predicted molar refractivity (Wildman–Crippen MR) is 401 cm³/mol. The Labute approximate surface area is 590 Å². The van der Waals surface area contributed by atoms with Crippen LogP contribution in [0.25, 0.3) is 0 Å². The smallest absolute Gasteiger partial charge is 0.220 e. The largest absolute Gasteiger partial charge is 0.394 e. The van der Waals surface area contributed by atoms with E-state index in [1.807, 2.05) is 6.08 Å². The van der Waals surface area contributed by atoms with Crippen molar-refractivity contribution in [3.05, 3.63) is 122 Å². The summed E-state index contributed by atoms with van der Waals surface area (Å²) in [6, 6.07) is -0.944. The van der Waals surface area contributed by atoms with Crippen molar-refractivity contribution in [1.29, 1.82) is 0 Å². The van der Waals surface area contributed by atoms with E-state index < -0.39 is 86.8 Å². The summed E-state index contributed by atoms with van der Waals surface area (Å²) >= 11 is 0.